The van der Waals surface area contributed by atoms with Gasteiger partial charge in [-0.1, -0.05) is 39.0 Å². The summed E-state index contributed by atoms with van der Waals surface area (Å²) in [6.45, 7) is 9.63. The minimum Gasteiger partial charge on any atom is -0.427 e. The lowest BCUT2D eigenvalue weighted by atomic mass is 9.86. The highest BCUT2D eigenvalue weighted by molar-refractivity contribution is 5.96. The van der Waals surface area contributed by atoms with E-state index < -0.39 is 5.97 Å². The first-order chi connectivity index (χ1) is 14.1. The van der Waals surface area contributed by atoms with E-state index in [-0.39, 0.29) is 17.2 Å². The van der Waals surface area contributed by atoms with E-state index in [0.29, 0.717) is 43.1 Å². The molecule has 1 fully saturated rings. The van der Waals surface area contributed by atoms with E-state index in [1.165, 1.54) is 12.5 Å². The van der Waals surface area contributed by atoms with Crippen molar-refractivity contribution in [3.8, 4) is 5.75 Å². The molecule has 0 N–H and O–H groups in total. The molecule has 1 aliphatic rings. The number of piperazine rings is 1. The van der Waals surface area contributed by atoms with Crippen LogP contribution >= 0.6 is 0 Å². The van der Waals surface area contributed by atoms with E-state index in [9.17, 15) is 14.4 Å². The zero-order chi connectivity index (χ0) is 21.9. The molecule has 2 aromatic rings. The maximum Gasteiger partial charge on any atom is 0.308 e. The van der Waals surface area contributed by atoms with Gasteiger partial charge in [0.2, 0.25) is 0 Å². The highest BCUT2D eigenvalue weighted by Gasteiger charge is 2.26. The molecule has 0 aliphatic carbocycles. The molecule has 0 atom stereocenters. The van der Waals surface area contributed by atoms with Crippen molar-refractivity contribution in [1.29, 1.82) is 0 Å². The molecule has 30 heavy (non-hydrogen) atoms. The number of esters is 1. The quantitative estimate of drug-likeness (QED) is 0.576. The highest BCUT2D eigenvalue weighted by atomic mass is 16.5. The summed E-state index contributed by atoms with van der Waals surface area (Å²) in [6, 6.07) is 14.3. The second-order valence-corrected chi connectivity index (χ2v) is 8.53. The van der Waals surface area contributed by atoms with Crippen LogP contribution in [0.4, 0.5) is 0 Å². The van der Waals surface area contributed by atoms with Gasteiger partial charge in [-0.2, -0.15) is 0 Å². The maximum atomic E-state index is 12.8. The minimum absolute atomic E-state index is 0.0144. The van der Waals surface area contributed by atoms with Gasteiger partial charge >= 0.3 is 5.97 Å². The Balaban J connectivity index is 1.61. The lowest BCUT2D eigenvalue weighted by molar-refractivity contribution is -0.131. The molecule has 2 amide bonds. The Hall–Kier alpha value is -3.15. The number of carbonyl (C=O) groups is 3. The van der Waals surface area contributed by atoms with E-state index >= 15 is 0 Å². The van der Waals surface area contributed by atoms with Crippen LogP contribution in [0, 0.1) is 0 Å². The van der Waals surface area contributed by atoms with Crippen molar-refractivity contribution in [2.24, 2.45) is 0 Å². The van der Waals surface area contributed by atoms with Crippen molar-refractivity contribution < 1.29 is 19.1 Å². The molecule has 2 aromatic carbocycles. The number of ether oxygens (including phenoxy) is 1. The molecule has 0 spiro atoms. The van der Waals surface area contributed by atoms with Crippen molar-refractivity contribution in [3.63, 3.8) is 0 Å². The number of nitrogens with zero attached hydrogens (tertiary/aromatic N) is 2. The summed E-state index contributed by atoms with van der Waals surface area (Å²) in [7, 11) is 0. The Bertz CT molecular complexity index is 936. The van der Waals surface area contributed by atoms with E-state index in [1.54, 1.807) is 34.1 Å². The lowest BCUT2D eigenvalue weighted by Crippen LogP contribution is -2.50. The topological polar surface area (TPSA) is 66.9 Å². The second kappa shape index (κ2) is 8.69. The monoisotopic (exact) mass is 408 g/mol. The summed E-state index contributed by atoms with van der Waals surface area (Å²) in [4.78, 5) is 40.3. The molecule has 3 rings (SSSR count). The van der Waals surface area contributed by atoms with Crippen LogP contribution in [0.1, 0.15) is 54.0 Å². The van der Waals surface area contributed by atoms with E-state index in [4.69, 9.17) is 4.74 Å². The fraction of sp³-hybridized carbons (Fsp3) is 0.375. The van der Waals surface area contributed by atoms with Crippen molar-refractivity contribution in [2.75, 3.05) is 26.2 Å². The average Bonchev–Trinajstić information content (AvgIpc) is 2.72. The van der Waals surface area contributed by atoms with Gasteiger partial charge in [0, 0.05) is 44.2 Å². The predicted octanol–water partition coefficient (Wildman–Crippen LogP) is 3.51. The van der Waals surface area contributed by atoms with Gasteiger partial charge in [-0.05, 0) is 41.3 Å². The molecule has 1 heterocycles. The van der Waals surface area contributed by atoms with Gasteiger partial charge in [-0.3, -0.25) is 14.4 Å². The van der Waals surface area contributed by atoms with Crippen molar-refractivity contribution in [2.45, 2.75) is 33.1 Å². The van der Waals surface area contributed by atoms with Crippen LogP contribution in [0.3, 0.4) is 0 Å². The summed E-state index contributed by atoms with van der Waals surface area (Å²) < 4.78 is 5.06. The molecule has 0 radical (unpaired) electrons. The molecule has 6 nitrogen and oxygen atoms in total. The number of amides is 2. The Morgan fingerprint density at radius 2 is 1.33 bits per heavy atom. The Kier molecular flexibility index (Phi) is 6.25. The first-order valence-corrected chi connectivity index (χ1v) is 10.1. The van der Waals surface area contributed by atoms with Gasteiger partial charge in [0.1, 0.15) is 5.75 Å². The molecule has 1 aliphatic heterocycles. The smallest absolute Gasteiger partial charge is 0.308 e. The zero-order valence-corrected chi connectivity index (χ0v) is 18.0. The fourth-order valence-electron chi connectivity index (χ4n) is 3.45. The predicted molar refractivity (Wildman–Crippen MR) is 115 cm³/mol. The minimum atomic E-state index is -0.428. The molecule has 0 saturated carbocycles. The van der Waals surface area contributed by atoms with Crippen LogP contribution in [0.25, 0.3) is 0 Å². The van der Waals surface area contributed by atoms with E-state index in [1.807, 2.05) is 24.3 Å². The third-order valence-corrected chi connectivity index (χ3v) is 5.19. The molecular formula is C24H28N2O4. The van der Waals surface area contributed by atoms with Gasteiger partial charge in [-0.25, -0.2) is 0 Å². The Labute approximate surface area is 177 Å². The number of hydrogen-bond donors (Lipinski definition) is 0. The van der Waals surface area contributed by atoms with E-state index in [2.05, 4.69) is 20.8 Å². The number of benzene rings is 2. The first-order valence-electron chi connectivity index (χ1n) is 10.1. The van der Waals surface area contributed by atoms with Crippen molar-refractivity contribution in [1.82, 2.24) is 9.80 Å². The molecule has 6 heteroatoms. The normalized spacial score (nSPS) is 14.4. The van der Waals surface area contributed by atoms with E-state index in [0.717, 1.165) is 0 Å². The fourth-order valence-corrected chi connectivity index (χ4v) is 3.45. The number of rotatable bonds is 3. The summed E-state index contributed by atoms with van der Waals surface area (Å²) in [5.41, 5.74) is 2.36. The van der Waals surface area contributed by atoms with Crippen LogP contribution in [0.5, 0.6) is 5.75 Å². The van der Waals surface area contributed by atoms with Crippen LogP contribution in [0.2, 0.25) is 0 Å². The molecule has 0 unspecified atom stereocenters. The van der Waals surface area contributed by atoms with Crippen molar-refractivity contribution in [3.05, 3.63) is 65.2 Å². The van der Waals surface area contributed by atoms with Gasteiger partial charge in [-0.15, -0.1) is 0 Å². The molecule has 0 aromatic heterocycles. The van der Waals surface area contributed by atoms with Crippen molar-refractivity contribution >= 4 is 17.8 Å². The van der Waals surface area contributed by atoms with Crippen LogP contribution in [-0.2, 0) is 10.2 Å². The number of hydrogen-bond acceptors (Lipinski definition) is 4. The number of carbonyl (C=O) groups excluding carboxylic acids is 3. The summed E-state index contributed by atoms with van der Waals surface area (Å²) >= 11 is 0. The third kappa shape index (κ3) is 5.06. The lowest BCUT2D eigenvalue weighted by Gasteiger charge is -2.35. The highest BCUT2D eigenvalue weighted by Crippen LogP contribution is 2.23. The van der Waals surface area contributed by atoms with Gasteiger partial charge in [0.25, 0.3) is 11.8 Å². The zero-order valence-electron chi connectivity index (χ0n) is 18.0. The standard InChI is InChI=1S/C24H28N2O4/c1-17(27)30-21-7-5-6-19(16-21)23(29)26-14-12-25(13-15-26)22(28)18-8-10-20(11-9-18)24(2,3)4/h5-11,16H,12-15H2,1-4H3. The maximum absolute atomic E-state index is 12.8. The van der Waals surface area contributed by atoms with Gasteiger partial charge in [0.05, 0.1) is 0 Å². The molecule has 0 bridgehead atoms. The third-order valence-electron chi connectivity index (χ3n) is 5.19. The Morgan fingerprint density at radius 1 is 0.800 bits per heavy atom. The van der Waals surface area contributed by atoms with Crippen LogP contribution in [0.15, 0.2) is 48.5 Å². The Morgan fingerprint density at radius 3 is 1.83 bits per heavy atom. The van der Waals surface area contributed by atoms with Gasteiger partial charge < -0.3 is 14.5 Å². The molecule has 158 valence electrons. The largest absolute Gasteiger partial charge is 0.427 e. The summed E-state index contributed by atoms with van der Waals surface area (Å²) in [6.07, 6.45) is 0. The molecule has 1 saturated heterocycles. The molecular weight excluding hydrogens is 380 g/mol. The summed E-state index contributed by atoms with van der Waals surface area (Å²) in [5, 5.41) is 0. The second-order valence-electron chi connectivity index (χ2n) is 8.53. The summed E-state index contributed by atoms with van der Waals surface area (Å²) in [5.74, 6) is -0.229. The van der Waals surface area contributed by atoms with Gasteiger partial charge in [0.15, 0.2) is 0 Å². The van der Waals surface area contributed by atoms with Crippen LogP contribution in [-0.4, -0.2) is 53.8 Å². The average molecular weight is 408 g/mol. The first kappa shape index (κ1) is 21.6. The van der Waals surface area contributed by atoms with Crippen LogP contribution < -0.4 is 4.74 Å². The SMILES string of the molecule is CC(=O)Oc1cccc(C(=O)N2CCN(C(=O)c3ccc(C(C)(C)C)cc3)CC2)c1.